The molecule has 0 bridgehead atoms. The molecule has 0 heterocycles. The van der Waals surface area contributed by atoms with Crippen LogP contribution in [0.25, 0.3) is 0 Å². The molecule has 1 atom stereocenters. The minimum absolute atomic E-state index is 0.341. The van der Waals surface area contributed by atoms with Crippen LogP contribution in [0.5, 0.6) is 11.5 Å². The van der Waals surface area contributed by atoms with Crippen molar-refractivity contribution in [2.24, 2.45) is 0 Å². The van der Waals surface area contributed by atoms with Gasteiger partial charge >= 0.3 is 5.97 Å². The molecule has 0 unspecified atom stereocenters. The van der Waals surface area contributed by atoms with Crippen LogP contribution in [0.2, 0.25) is 0 Å². The fourth-order valence-electron chi connectivity index (χ4n) is 2.09. The summed E-state index contributed by atoms with van der Waals surface area (Å²) in [4.78, 5) is 24.1. The van der Waals surface area contributed by atoms with Crippen molar-refractivity contribution in [2.45, 2.75) is 19.6 Å². The van der Waals surface area contributed by atoms with Gasteiger partial charge in [0, 0.05) is 6.54 Å². The van der Waals surface area contributed by atoms with Crippen molar-refractivity contribution in [1.29, 1.82) is 0 Å². The highest BCUT2D eigenvalue weighted by Gasteiger charge is 2.18. The third-order valence-electron chi connectivity index (χ3n) is 3.60. The monoisotopic (exact) mass is 343 g/mol. The predicted octanol–water partition coefficient (Wildman–Crippen LogP) is 2.57. The number of carbonyl (C=O) groups is 2. The first-order valence-electron chi connectivity index (χ1n) is 7.79. The summed E-state index contributed by atoms with van der Waals surface area (Å²) in [5.41, 5.74) is 1.28. The van der Waals surface area contributed by atoms with Crippen LogP contribution in [0.4, 0.5) is 0 Å². The second kappa shape index (κ2) is 8.73. The van der Waals surface area contributed by atoms with Crippen LogP contribution in [0.15, 0.2) is 48.5 Å². The molecular weight excluding hydrogens is 322 g/mol. The molecule has 132 valence electrons. The van der Waals surface area contributed by atoms with Gasteiger partial charge in [-0.3, -0.25) is 4.79 Å². The topological polar surface area (TPSA) is 73.9 Å². The smallest absolute Gasteiger partial charge is 0.338 e. The number of esters is 1. The molecule has 1 amide bonds. The standard InChI is InChI=1S/C19H21NO5/c1-13(25-19(22)15-6-10-17(24-3)11-7-15)18(21)20-12-14-4-8-16(23-2)9-5-14/h4-11,13H,12H2,1-3H3,(H,20,21)/t13-/m1/s1. The SMILES string of the molecule is COc1ccc(CNC(=O)[C@@H](C)OC(=O)c2ccc(OC)cc2)cc1. The van der Waals surface area contributed by atoms with Crippen molar-refractivity contribution in [3.05, 3.63) is 59.7 Å². The summed E-state index contributed by atoms with van der Waals surface area (Å²) < 4.78 is 15.3. The summed E-state index contributed by atoms with van der Waals surface area (Å²) in [7, 11) is 3.14. The number of methoxy groups -OCH3 is 2. The number of hydrogen-bond acceptors (Lipinski definition) is 5. The highest BCUT2D eigenvalue weighted by atomic mass is 16.5. The van der Waals surface area contributed by atoms with Crippen molar-refractivity contribution < 1.29 is 23.8 Å². The van der Waals surface area contributed by atoms with Crippen LogP contribution in [0, 0.1) is 0 Å². The van der Waals surface area contributed by atoms with Gasteiger partial charge in [-0.1, -0.05) is 12.1 Å². The molecule has 2 rings (SSSR count). The molecule has 2 aromatic carbocycles. The first kappa shape index (κ1) is 18.3. The third-order valence-corrected chi connectivity index (χ3v) is 3.60. The molecule has 25 heavy (non-hydrogen) atoms. The van der Waals surface area contributed by atoms with E-state index in [9.17, 15) is 9.59 Å². The number of ether oxygens (including phenoxy) is 3. The molecule has 6 nitrogen and oxygen atoms in total. The summed E-state index contributed by atoms with van der Waals surface area (Å²) in [5.74, 6) is 0.464. The van der Waals surface area contributed by atoms with E-state index >= 15 is 0 Å². The largest absolute Gasteiger partial charge is 0.497 e. The molecule has 0 spiro atoms. The molecule has 1 N–H and O–H groups in total. The lowest BCUT2D eigenvalue weighted by atomic mass is 10.2. The van der Waals surface area contributed by atoms with Gasteiger partial charge in [0.15, 0.2) is 6.10 Å². The molecule has 6 heteroatoms. The molecule has 0 aliphatic rings. The average molecular weight is 343 g/mol. The molecule has 0 aliphatic heterocycles. The van der Waals surface area contributed by atoms with E-state index in [1.807, 2.05) is 24.3 Å². The summed E-state index contributed by atoms with van der Waals surface area (Å²) in [6.45, 7) is 1.87. The van der Waals surface area contributed by atoms with Crippen molar-refractivity contribution in [2.75, 3.05) is 14.2 Å². The lowest BCUT2D eigenvalue weighted by Crippen LogP contribution is -2.35. The molecule has 0 fully saturated rings. The molecular formula is C19H21NO5. The first-order valence-corrected chi connectivity index (χ1v) is 7.79. The van der Waals surface area contributed by atoms with Crippen LogP contribution in [-0.2, 0) is 16.1 Å². The second-order valence-corrected chi connectivity index (χ2v) is 5.34. The van der Waals surface area contributed by atoms with E-state index in [0.717, 1.165) is 11.3 Å². The Hall–Kier alpha value is -3.02. The molecule has 0 saturated heterocycles. The van der Waals surface area contributed by atoms with Crippen LogP contribution >= 0.6 is 0 Å². The van der Waals surface area contributed by atoms with Crippen LogP contribution in [0.3, 0.4) is 0 Å². The average Bonchev–Trinajstić information content (AvgIpc) is 2.66. The van der Waals surface area contributed by atoms with Gasteiger partial charge in [0.05, 0.1) is 19.8 Å². The Bertz CT molecular complexity index is 710. The molecule has 0 saturated carbocycles. The van der Waals surface area contributed by atoms with E-state index in [1.165, 1.54) is 6.92 Å². The maximum atomic E-state index is 12.1. The van der Waals surface area contributed by atoms with Gasteiger partial charge in [-0.05, 0) is 48.9 Å². The van der Waals surface area contributed by atoms with Gasteiger partial charge < -0.3 is 19.5 Å². The van der Waals surface area contributed by atoms with Crippen LogP contribution < -0.4 is 14.8 Å². The van der Waals surface area contributed by atoms with E-state index in [0.29, 0.717) is 17.9 Å². The highest BCUT2D eigenvalue weighted by Crippen LogP contribution is 2.13. The van der Waals surface area contributed by atoms with Gasteiger partial charge in [-0.15, -0.1) is 0 Å². The Morgan fingerprint density at radius 2 is 1.44 bits per heavy atom. The molecule has 0 aromatic heterocycles. The van der Waals surface area contributed by atoms with E-state index in [-0.39, 0.29) is 5.91 Å². The fourth-order valence-corrected chi connectivity index (χ4v) is 2.09. The summed E-state index contributed by atoms with van der Waals surface area (Å²) >= 11 is 0. The Morgan fingerprint density at radius 1 is 0.920 bits per heavy atom. The quantitative estimate of drug-likeness (QED) is 0.782. The third kappa shape index (κ3) is 5.24. The van der Waals surface area contributed by atoms with E-state index < -0.39 is 12.1 Å². The predicted molar refractivity (Wildman–Crippen MR) is 92.7 cm³/mol. The van der Waals surface area contributed by atoms with E-state index in [2.05, 4.69) is 5.32 Å². The van der Waals surface area contributed by atoms with Gasteiger partial charge in [0.2, 0.25) is 0 Å². The summed E-state index contributed by atoms with van der Waals surface area (Å²) in [5, 5.41) is 2.73. The van der Waals surface area contributed by atoms with Gasteiger partial charge in [-0.25, -0.2) is 4.79 Å². The molecule has 2 aromatic rings. The Kier molecular flexibility index (Phi) is 6.39. The molecule has 0 radical (unpaired) electrons. The van der Waals surface area contributed by atoms with Crippen molar-refractivity contribution in [3.8, 4) is 11.5 Å². The molecule has 0 aliphatic carbocycles. The minimum Gasteiger partial charge on any atom is -0.497 e. The van der Waals surface area contributed by atoms with Crippen LogP contribution in [-0.4, -0.2) is 32.2 Å². The van der Waals surface area contributed by atoms with Gasteiger partial charge in [0.25, 0.3) is 5.91 Å². The lowest BCUT2D eigenvalue weighted by molar-refractivity contribution is -0.129. The summed E-state index contributed by atoms with van der Waals surface area (Å²) in [6, 6.07) is 13.8. The zero-order valence-electron chi connectivity index (χ0n) is 14.4. The number of amides is 1. The fraction of sp³-hybridized carbons (Fsp3) is 0.263. The number of benzene rings is 2. The van der Waals surface area contributed by atoms with E-state index in [4.69, 9.17) is 14.2 Å². The second-order valence-electron chi connectivity index (χ2n) is 5.34. The summed E-state index contributed by atoms with van der Waals surface area (Å²) in [6.07, 6.45) is -0.896. The zero-order valence-corrected chi connectivity index (χ0v) is 14.4. The van der Waals surface area contributed by atoms with E-state index in [1.54, 1.807) is 38.5 Å². The number of hydrogen-bond donors (Lipinski definition) is 1. The minimum atomic E-state index is -0.896. The zero-order chi connectivity index (χ0) is 18.2. The van der Waals surface area contributed by atoms with Crippen molar-refractivity contribution >= 4 is 11.9 Å². The normalized spacial score (nSPS) is 11.3. The Morgan fingerprint density at radius 3 is 1.96 bits per heavy atom. The highest BCUT2D eigenvalue weighted by molar-refractivity contribution is 5.92. The van der Waals surface area contributed by atoms with Gasteiger partial charge in [0.1, 0.15) is 11.5 Å². The van der Waals surface area contributed by atoms with Crippen LogP contribution in [0.1, 0.15) is 22.8 Å². The maximum absolute atomic E-state index is 12.1. The Balaban J connectivity index is 1.84. The number of nitrogens with one attached hydrogen (secondary N) is 1. The number of rotatable bonds is 7. The first-order chi connectivity index (χ1) is 12.0. The van der Waals surface area contributed by atoms with Crippen molar-refractivity contribution in [3.63, 3.8) is 0 Å². The number of carbonyl (C=O) groups excluding carboxylic acids is 2. The Labute approximate surface area is 146 Å². The lowest BCUT2D eigenvalue weighted by Gasteiger charge is -2.14. The van der Waals surface area contributed by atoms with Gasteiger partial charge in [-0.2, -0.15) is 0 Å². The maximum Gasteiger partial charge on any atom is 0.338 e. The van der Waals surface area contributed by atoms with Crippen molar-refractivity contribution in [1.82, 2.24) is 5.32 Å².